The average Bonchev–Trinajstić information content (AvgIpc) is 2.95. The second kappa shape index (κ2) is 8.92. The van der Waals surface area contributed by atoms with Gasteiger partial charge in [0.1, 0.15) is 5.82 Å². The Morgan fingerprint density at radius 2 is 1.96 bits per heavy atom. The number of halogens is 2. The van der Waals surface area contributed by atoms with Gasteiger partial charge in [-0.05, 0) is 36.8 Å². The Balaban J connectivity index is 1.96. The number of nitrogens with one attached hydrogen (secondary N) is 1. The number of hydrogen-bond donors (Lipinski definition) is 1. The fourth-order valence-electron chi connectivity index (χ4n) is 2.38. The predicted molar refractivity (Wildman–Crippen MR) is 96.5 cm³/mol. The van der Waals surface area contributed by atoms with Gasteiger partial charge in [-0.1, -0.05) is 25.6 Å². The van der Waals surface area contributed by atoms with Crippen LogP contribution in [0.15, 0.2) is 28.3 Å². The summed E-state index contributed by atoms with van der Waals surface area (Å²) in [5, 5.41) is 9.15. The molecule has 0 aliphatic rings. The van der Waals surface area contributed by atoms with E-state index in [2.05, 4.69) is 28.8 Å². The van der Waals surface area contributed by atoms with Gasteiger partial charge >= 0.3 is 0 Å². The van der Waals surface area contributed by atoms with Crippen molar-refractivity contribution in [3.05, 3.63) is 35.7 Å². The van der Waals surface area contributed by atoms with E-state index in [0.29, 0.717) is 24.8 Å². The minimum absolute atomic E-state index is 0.157. The SMILES string of the molecule is CSc1nnc(CCCNS(=O)(=O)c2ccc(F)c(F)c2)n1CC(C)C. The lowest BCUT2D eigenvalue weighted by Crippen LogP contribution is -2.25. The highest BCUT2D eigenvalue weighted by atomic mass is 32.2. The summed E-state index contributed by atoms with van der Waals surface area (Å²) in [5.41, 5.74) is 0. The molecule has 0 fully saturated rings. The van der Waals surface area contributed by atoms with Gasteiger partial charge in [-0.25, -0.2) is 21.9 Å². The molecule has 0 unspecified atom stereocenters. The topological polar surface area (TPSA) is 76.9 Å². The van der Waals surface area contributed by atoms with Crippen LogP contribution >= 0.6 is 11.8 Å². The Hall–Kier alpha value is -1.52. The smallest absolute Gasteiger partial charge is 0.240 e. The van der Waals surface area contributed by atoms with Crippen molar-refractivity contribution in [2.24, 2.45) is 5.92 Å². The van der Waals surface area contributed by atoms with E-state index in [1.807, 2.05) is 10.8 Å². The number of hydrogen-bond acceptors (Lipinski definition) is 5. The van der Waals surface area contributed by atoms with Gasteiger partial charge in [0.25, 0.3) is 0 Å². The fourth-order valence-corrected chi connectivity index (χ4v) is 3.99. The summed E-state index contributed by atoms with van der Waals surface area (Å²) in [4.78, 5) is -0.302. The second-order valence-electron chi connectivity index (χ2n) is 6.18. The van der Waals surface area contributed by atoms with E-state index in [4.69, 9.17) is 0 Å². The van der Waals surface area contributed by atoms with Crippen molar-refractivity contribution in [1.82, 2.24) is 19.5 Å². The Morgan fingerprint density at radius 3 is 2.58 bits per heavy atom. The van der Waals surface area contributed by atoms with E-state index >= 15 is 0 Å². The van der Waals surface area contributed by atoms with Gasteiger partial charge in [-0.15, -0.1) is 10.2 Å². The monoisotopic (exact) mass is 404 g/mol. The van der Waals surface area contributed by atoms with Gasteiger partial charge < -0.3 is 4.57 Å². The summed E-state index contributed by atoms with van der Waals surface area (Å²) in [7, 11) is -3.89. The summed E-state index contributed by atoms with van der Waals surface area (Å²) in [5.74, 6) is -1.05. The average molecular weight is 405 g/mol. The number of thioether (sulfide) groups is 1. The zero-order valence-corrected chi connectivity index (χ0v) is 16.5. The number of sulfonamides is 1. The van der Waals surface area contributed by atoms with E-state index in [0.717, 1.165) is 29.7 Å². The molecule has 1 aromatic heterocycles. The van der Waals surface area contributed by atoms with Crippen molar-refractivity contribution in [2.75, 3.05) is 12.8 Å². The quantitative estimate of drug-likeness (QED) is 0.514. The largest absolute Gasteiger partial charge is 0.306 e. The molecule has 0 atom stereocenters. The molecule has 1 N–H and O–H groups in total. The lowest BCUT2D eigenvalue weighted by atomic mass is 10.2. The molecule has 0 amide bonds. The molecule has 2 aromatic rings. The summed E-state index contributed by atoms with van der Waals surface area (Å²) in [6.07, 6.45) is 2.99. The van der Waals surface area contributed by atoms with Crippen molar-refractivity contribution in [3.8, 4) is 0 Å². The minimum Gasteiger partial charge on any atom is -0.306 e. The highest BCUT2D eigenvalue weighted by molar-refractivity contribution is 7.98. The summed E-state index contributed by atoms with van der Waals surface area (Å²) in [6.45, 7) is 5.15. The summed E-state index contributed by atoms with van der Waals surface area (Å²) < 4.78 is 54.9. The molecule has 1 aromatic carbocycles. The first-order chi connectivity index (χ1) is 12.2. The Kier molecular flexibility index (Phi) is 7.13. The Morgan fingerprint density at radius 1 is 1.23 bits per heavy atom. The Labute approximate surface area is 156 Å². The second-order valence-corrected chi connectivity index (χ2v) is 8.72. The van der Waals surface area contributed by atoms with E-state index in [1.165, 1.54) is 11.8 Å². The molecule has 0 saturated carbocycles. The maximum Gasteiger partial charge on any atom is 0.240 e. The molecule has 2 rings (SSSR count). The van der Waals surface area contributed by atoms with Gasteiger partial charge in [-0.3, -0.25) is 0 Å². The third-order valence-corrected chi connectivity index (χ3v) is 5.72. The van der Waals surface area contributed by atoms with E-state index in [9.17, 15) is 17.2 Å². The third-order valence-electron chi connectivity index (χ3n) is 3.59. The van der Waals surface area contributed by atoms with Gasteiger partial charge in [0, 0.05) is 19.5 Å². The highest BCUT2D eigenvalue weighted by Gasteiger charge is 2.17. The zero-order chi connectivity index (χ0) is 19.3. The molecule has 144 valence electrons. The lowest BCUT2D eigenvalue weighted by molar-refractivity contribution is 0.477. The molecule has 0 bridgehead atoms. The normalized spacial score (nSPS) is 12.1. The molecular formula is C16H22F2N4O2S2. The predicted octanol–water partition coefficient (Wildman–Crippen LogP) is 2.85. The Bertz CT molecular complexity index is 854. The molecule has 26 heavy (non-hydrogen) atoms. The van der Waals surface area contributed by atoms with Crippen LogP contribution in [0.5, 0.6) is 0 Å². The molecule has 0 aliphatic carbocycles. The first kappa shape index (κ1) is 20.8. The van der Waals surface area contributed by atoms with Crippen molar-refractivity contribution >= 4 is 21.8 Å². The molecule has 6 nitrogen and oxygen atoms in total. The maximum absolute atomic E-state index is 13.2. The van der Waals surface area contributed by atoms with Crippen LogP contribution in [0.3, 0.4) is 0 Å². The van der Waals surface area contributed by atoms with Gasteiger partial charge in [-0.2, -0.15) is 0 Å². The molecule has 0 aliphatic heterocycles. The number of rotatable bonds is 9. The molecule has 0 spiro atoms. The minimum atomic E-state index is -3.89. The number of benzene rings is 1. The van der Waals surface area contributed by atoms with Crippen LogP contribution in [0, 0.1) is 17.6 Å². The molecular weight excluding hydrogens is 382 g/mol. The van der Waals surface area contributed by atoms with Crippen LogP contribution in [-0.2, 0) is 23.0 Å². The van der Waals surface area contributed by atoms with E-state index in [1.54, 1.807) is 0 Å². The zero-order valence-electron chi connectivity index (χ0n) is 14.9. The standard InChI is InChI=1S/C16H22F2N4O2S2/c1-11(2)10-22-15(20-21-16(22)25-3)5-4-8-19-26(23,24)12-6-7-13(17)14(18)9-12/h6-7,9,11,19H,4-5,8,10H2,1-3H3. The molecule has 10 heteroatoms. The first-order valence-electron chi connectivity index (χ1n) is 8.15. The van der Waals surface area contributed by atoms with Crippen LogP contribution in [0.1, 0.15) is 26.1 Å². The fraction of sp³-hybridized carbons (Fsp3) is 0.500. The molecule has 1 heterocycles. The van der Waals surface area contributed by atoms with Crippen LogP contribution in [-0.4, -0.2) is 36.0 Å². The van der Waals surface area contributed by atoms with Crippen molar-refractivity contribution in [2.45, 2.75) is 43.3 Å². The van der Waals surface area contributed by atoms with Crippen LogP contribution in [0.4, 0.5) is 8.78 Å². The number of aryl methyl sites for hydroxylation is 1. The van der Waals surface area contributed by atoms with Crippen molar-refractivity contribution in [1.29, 1.82) is 0 Å². The van der Waals surface area contributed by atoms with Crippen molar-refractivity contribution in [3.63, 3.8) is 0 Å². The first-order valence-corrected chi connectivity index (χ1v) is 10.9. The summed E-state index contributed by atoms with van der Waals surface area (Å²) >= 11 is 1.51. The van der Waals surface area contributed by atoms with E-state index < -0.39 is 21.7 Å². The van der Waals surface area contributed by atoms with Gasteiger partial charge in [0.2, 0.25) is 10.0 Å². The summed E-state index contributed by atoms with van der Waals surface area (Å²) in [6, 6.07) is 2.49. The lowest BCUT2D eigenvalue weighted by Gasteiger charge is -2.12. The van der Waals surface area contributed by atoms with E-state index in [-0.39, 0.29) is 11.4 Å². The third kappa shape index (κ3) is 5.24. The maximum atomic E-state index is 13.2. The van der Waals surface area contributed by atoms with Crippen LogP contribution in [0.25, 0.3) is 0 Å². The van der Waals surface area contributed by atoms with Crippen LogP contribution in [0.2, 0.25) is 0 Å². The molecule has 0 saturated heterocycles. The van der Waals surface area contributed by atoms with Crippen LogP contribution < -0.4 is 4.72 Å². The van der Waals surface area contributed by atoms with Gasteiger partial charge in [0.05, 0.1) is 4.90 Å². The highest BCUT2D eigenvalue weighted by Crippen LogP contribution is 2.17. The van der Waals surface area contributed by atoms with Crippen molar-refractivity contribution < 1.29 is 17.2 Å². The van der Waals surface area contributed by atoms with Gasteiger partial charge in [0.15, 0.2) is 16.8 Å². The molecule has 0 radical (unpaired) electrons. The number of nitrogens with zero attached hydrogens (tertiary/aromatic N) is 3. The number of aromatic nitrogens is 3.